The Balaban J connectivity index is 2.41. The van der Waals surface area contributed by atoms with Crippen LogP contribution >= 0.6 is 11.6 Å². The van der Waals surface area contributed by atoms with E-state index < -0.39 is 0 Å². The van der Waals surface area contributed by atoms with E-state index in [1.165, 1.54) is 0 Å². The fourth-order valence-electron chi connectivity index (χ4n) is 1.20. The maximum absolute atomic E-state index is 5.72. The lowest BCUT2D eigenvalue weighted by Gasteiger charge is -2.23. The monoisotopic (exact) mass is 242 g/mol. The van der Waals surface area contributed by atoms with E-state index in [-0.39, 0.29) is 5.54 Å². The van der Waals surface area contributed by atoms with E-state index in [1.807, 2.05) is 11.9 Å². The lowest BCUT2D eigenvalue weighted by atomic mass is 10.1. The van der Waals surface area contributed by atoms with Crippen LogP contribution in [0.25, 0.3) is 0 Å². The summed E-state index contributed by atoms with van der Waals surface area (Å²) >= 11 is 5.72. The standard InChI is InChI=1S/C11H19ClN4/c1-11(2,3)15-5-6-16(4)10-13-7-9(12)8-14-10/h7-8,15H,5-6H2,1-4H3. The largest absolute Gasteiger partial charge is 0.343 e. The molecule has 0 aliphatic rings. The summed E-state index contributed by atoms with van der Waals surface area (Å²) in [5, 5.41) is 3.97. The average molecular weight is 243 g/mol. The molecule has 0 aliphatic heterocycles. The summed E-state index contributed by atoms with van der Waals surface area (Å²) in [5.74, 6) is 0.695. The van der Waals surface area contributed by atoms with Crippen LogP contribution in [0, 0.1) is 0 Å². The Morgan fingerprint density at radius 3 is 2.38 bits per heavy atom. The summed E-state index contributed by atoms with van der Waals surface area (Å²) in [7, 11) is 1.97. The average Bonchev–Trinajstić information content (AvgIpc) is 2.16. The molecule has 0 amide bonds. The van der Waals surface area contributed by atoms with Crippen molar-refractivity contribution in [2.75, 3.05) is 25.0 Å². The topological polar surface area (TPSA) is 41.0 Å². The Kier molecular flexibility index (Phi) is 4.50. The Hall–Kier alpha value is -0.870. The van der Waals surface area contributed by atoms with Crippen LogP contribution in [-0.2, 0) is 0 Å². The summed E-state index contributed by atoms with van der Waals surface area (Å²) < 4.78 is 0. The molecule has 0 fully saturated rings. The van der Waals surface area contributed by atoms with Crippen LogP contribution in [0.1, 0.15) is 20.8 Å². The number of rotatable bonds is 4. The van der Waals surface area contributed by atoms with E-state index in [1.54, 1.807) is 12.4 Å². The molecule has 0 unspecified atom stereocenters. The third-order valence-corrected chi connectivity index (χ3v) is 2.25. The van der Waals surface area contributed by atoms with Gasteiger partial charge in [0, 0.05) is 25.7 Å². The van der Waals surface area contributed by atoms with E-state index in [9.17, 15) is 0 Å². The zero-order chi connectivity index (χ0) is 12.2. The number of nitrogens with one attached hydrogen (secondary N) is 1. The predicted octanol–water partition coefficient (Wildman–Crippen LogP) is 1.95. The molecule has 0 radical (unpaired) electrons. The molecule has 0 aliphatic carbocycles. The van der Waals surface area contributed by atoms with E-state index >= 15 is 0 Å². The molecule has 1 aromatic heterocycles. The number of likely N-dealkylation sites (N-methyl/N-ethyl adjacent to an activating group) is 1. The molecule has 1 N–H and O–H groups in total. The first kappa shape index (κ1) is 13.2. The molecular weight excluding hydrogens is 224 g/mol. The fraction of sp³-hybridized carbons (Fsp3) is 0.636. The second kappa shape index (κ2) is 5.46. The highest BCUT2D eigenvalue weighted by Crippen LogP contribution is 2.08. The number of aromatic nitrogens is 2. The normalized spacial score (nSPS) is 11.6. The first-order valence-electron chi connectivity index (χ1n) is 5.32. The highest BCUT2D eigenvalue weighted by Gasteiger charge is 2.09. The van der Waals surface area contributed by atoms with Crippen LogP contribution in [0.3, 0.4) is 0 Å². The first-order chi connectivity index (χ1) is 7.38. The molecule has 0 aromatic carbocycles. The summed E-state index contributed by atoms with van der Waals surface area (Å²) in [6.07, 6.45) is 3.22. The molecule has 0 spiro atoms. The first-order valence-corrected chi connectivity index (χ1v) is 5.70. The second-order valence-corrected chi connectivity index (χ2v) is 5.24. The van der Waals surface area contributed by atoms with Gasteiger partial charge in [-0.3, -0.25) is 0 Å². The van der Waals surface area contributed by atoms with Gasteiger partial charge in [0.25, 0.3) is 0 Å². The zero-order valence-corrected chi connectivity index (χ0v) is 11.0. The summed E-state index contributed by atoms with van der Waals surface area (Å²) in [6, 6.07) is 0. The Labute approximate surface area is 102 Å². The molecule has 1 aromatic rings. The van der Waals surface area contributed by atoms with Gasteiger partial charge in [-0.05, 0) is 20.8 Å². The van der Waals surface area contributed by atoms with Gasteiger partial charge >= 0.3 is 0 Å². The van der Waals surface area contributed by atoms with Crippen molar-refractivity contribution >= 4 is 17.5 Å². The SMILES string of the molecule is CN(CCNC(C)(C)C)c1ncc(Cl)cn1. The van der Waals surface area contributed by atoms with E-state index in [2.05, 4.69) is 36.1 Å². The van der Waals surface area contributed by atoms with Gasteiger partial charge in [0.2, 0.25) is 5.95 Å². The summed E-state index contributed by atoms with van der Waals surface area (Å²) in [6.45, 7) is 8.19. The molecular formula is C11H19ClN4. The van der Waals surface area contributed by atoms with Crippen LogP contribution < -0.4 is 10.2 Å². The zero-order valence-electron chi connectivity index (χ0n) is 10.3. The highest BCUT2D eigenvalue weighted by atomic mass is 35.5. The summed E-state index contributed by atoms with van der Waals surface area (Å²) in [5.41, 5.74) is 0.141. The third-order valence-electron chi connectivity index (χ3n) is 2.05. The van der Waals surface area contributed by atoms with Crippen LogP contribution in [-0.4, -0.2) is 35.6 Å². The minimum atomic E-state index is 0.141. The molecule has 0 saturated heterocycles. The Bertz CT molecular complexity index is 318. The minimum Gasteiger partial charge on any atom is -0.343 e. The van der Waals surface area contributed by atoms with Gasteiger partial charge in [-0.2, -0.15) is 0 Å². The van der Waals surface area contributed by atoms with Crippen molar-refractivity contribution < 1.29 is 0 Å². The van der Waals surface area contributed by atoms with E-state index in [0.29, 0.717) is 11.0 Å². The molecule has 0 bridgehead atoms. The van der Waals surface area contributed by atoms with E-state index in [0.717, 1.165) is 13.1 Å². The van der Waals surface area contributed by atoms with Crippen LogP contribution in [0.4, 0.5) is 5.95 Å². The van der Waals surface area contributed by atoms with Gasteiger partial charge in [-0.25, -0.2) is 9.97 Å². The smallest absolute Gasteiger partial charge is 0.225 e. The van der Waals surface area contributed by atoms with Crippen molar-refractivity contribution in [3.05, 3.63) is 17.4 Å². The van der Waals surface area contributed by atoms with Crippen LogP contribution in [0.15, 0.2) is 12.4 Å². The highest BCUT2D eigenvalue weighted by molar-refractivity contribution is 6.30. The molecule has 0 saturated carbocycles. The number of hydrogen-bond donors (Lipinski definition) is 1. The quantitative estimate of drug-likeness (QED) is 0.877. The maximum Gasteiger partial charge on any atom is 0.225 e. The lowest BCUT2D eigenvalue weighted by molar-refractivity contribution is 0.430. The van der Waals surface area contributed by atoms with Crippen molar-refractivity contribution in [1.82, 2.24) is 15.3 Å². The Morgan fingerprint density at radius 2 is 1.88 bits per heavy atom. The van der Waals surface area contributed by atoms with E-state index in [4.69, 9.17) is 11.6 Å². The predicted molar refractivity (Wildman–Crippen MR) is 68.1 cm³/mol. The Morgan fingerprint density at radius 1 is 1.31 bits per heavy atom. The lowest BCUT2D eigenvalue weighted by Crippen LogP contribution is -2.40. The van der Waals surface area contributed by atoms with Crippen molar-refractivity contribution in [1.29, 1.82) is 0 Å². The molecule has 90 valence electrons. The molecule has 4 nitrogen and oxygen atoms in total. The molecule has 5 heteroatoms. The van der Waals surface area contributed by atoms with Crippen molar-refractivity contribution in [2.45, 2.75) is 26.3 Å². The number of halogens is 1. The number of hydrogen-bond acceptors (Lipinski definition) is 4. The maximum atomic E-state index is 5.72. The van der Waals surface area contributed by atoms with Gasteiger partial charge < -0.3 is 10.2 Å². The fourth-order valence-corrected chi connectivity index (χ4v) is 1.30. The van der Waals surface area contributed by atoms with Gasteiger partial charge in [0.05, 0.1) is 17.4 Å². The molecule has 0 atom stereocenters. The van der Waals surface area contributed by atoms with Crippen LogP contribution in [0.2, 0.25) is 5.02 Å². The molecule has 16 heavy (non-hydrogen) atoms. The van der Waals surface area contributed by atoms with Crippen molar-refractivity contribution in [3.63, 3.8) is 0 Å². The van der Waals surface area contributed by atoms with Crippen molar-refractivity contribution in [2.24, 2.45) is 0 Å². The van der Waals surface area contributed by atoms with Gasteiger partial charge in [-0.15, -0.1) is 0 Å². The minimum absolute atomic E-state index is 0.141. The second-order valence-electron chi connectivity index (χ2n) is 4.80. The summed E-state index contributed by atoms with van der Waals surface area (Å²) in [4.78, 5) is 10.3. The molecule has 1 heterocycles. The van der Waals surface area contributed by atoms with Crippen molar-refractivity contribution in [3.8, 4) is 0 Å². The third kappa shape index (κ3) is 4.77. The van der Waals surface area contributed by atoms with Gasteiger partial charge in [-0.1, -0.05) is 11.6 Å². The molecule has 1 rings (SSSR count). The number of nitrogens with zero attached hydrogens (tertiary/aromatic N) is 3. The van der Waals surface area contributed by atoms with Gasteiger partial charge in [0.1, 0.15) is 0 Å². The van der Waals surface area contributed by atoms with Gasteiger partial charge in [0.15, 0.2) is 0 Å². The number of anilines is 1. The van der Waals surface area contributed by atoms with Crippen LogP contribution in [0.5, 0.6) is 0 Å².